The van der Waals surface area contributed by atoms with Crippen LogP contribution >= 0.6 is 22.9 Å². The molecule has 1 aliphatic carbocycles. The summed E-state index contributed by atoms with van der Waals surface area (Å²) in [5, 5.41) is 3.63. The van der Waals surface area contributed by atoms with Gasteiger partial charge in [0.1, 0.15) is 0 Å². The van der Waals surface area contributed by atoms with E-state index in [1.54, 1.807) is 6.92 Å². The number of amides is 1. The van der Waals surface area contributed by atoms with Gasteiger partial charge < -0.3 is 5.32 Å². The van der Waals surface area contributed by atoms with Crippen LogP contribution in [0.4, 0.5) is 18.3 Å². The van der Waals surface area contributed by atoms with Gasteiger partial charge in [-0.2, -0.15) is 13.2 Å². The second-order valence-electron chi connectivity index (χ2n) is 6.83. The maximum absolute atomic E-state index is 12.9. The summed E-state index contributed by atoms with van der Waals surface area (Å²) in [6.07, 6.45) is 0.906. The van der Waals surface area contributed by atoms with Crippen LogP contribution in [0.15, 0.2) is 18.2 Å². The van der Waals surface area contributed by atoms with Gasteiger partial charge in [0.25, 0.3) is 0 Å². The number of thiazole rings is 1. The molecular formula is C19H20ClF3N2OS. The van der Waals surface area contributed by atoms with E-state index < -0.39 is 11.7 Å². The number of nitrogens with zero attached hydrogens (tertiary/aromatic N) is 1. The molecule has 1 saturated carbocycles. The zero-order valence-electron chi connectivity index (χ0n) is 14.8. The highest BCUT2D eigenvalue weighted by Gasteiger charge is 2.31. The fourth-order valence-corrected chi connectivity index (χ4v) is 4.45. The molecule has 3 nitrogen and oxygen atoms in total. The number of carbonyl (C=O) groups is 1. The van der Waals surface area contributed by atoms with Gasteiger partial charge in [0.05, 0.1) is 11.3 Å². The van der Waals surface area contributed by atoms with Crippen LogP contribution in [-0.2, 0) is 17.4 Å². The van der Waals surface area contributed by atoms with E-state index in [-0.39, 0.29) is 23.3 Å². The number of rotatable bonds is 4. The third kappa shape index (κ3) is 5.02. The van der Waals surface area contributed by atoms with Crippen LogP contribution in [-0.4, -0.2) is 10.9 Å². The zero-order chi connectivity index (χ0) is 19.6. The van der Waals surface area contributed by atoms with Gasteiger partial charge in [0.2, 0.25) is 5.91 Å². The summed E-state index contributed by atoms with van der Waals surface area (Å²) in [7, 11) is 0. The Hall–Kier alpha value is -1.60. The summed E-state index contributed by atoms with van der Waals surface area (Å²) in [6.45, 7) is 1.78. The molecule has 27 heavy (non-hydrogen) atoms. The van der Waals surface area contributed by atoms with E-state index in [0.29, 0.717) is 16.4 Å². The zero-order valence-corrected chi connectivity index (χ0v) is 16.4. The number of anilines is 1. The van der Waals surface area contributed by atoms with E-state index in [1.165, 1.54) is 23.8 Å². The van der Waals surface area contributed by atoms with Crippen LogP contribution in [0.3, 0.4) is 0 Å². The molecule has 1 amide bonds. The molecule has 146 valence electrons. The first-order chi connectivity index (χ1) is 12.7. The van der Waals surface area contributed by atoms with Crippen LogP contribution in [0.2, 0.25) is 5.02 Å². The maximum atomic E-state index is 12.9. The van der Waals surface area contributed by atoms with E-state index in [2.05, 4.69) is 10.3 Å². The predicted octanol–water partition coefficient (Wildman–Crippen LogP) is 6.23. The average molecular weight is 417 g/mol. The minimum atomic E-state index is -4.42. The van der Waals surface area contributed by atoms with Crippen molar-refractivity contribution in [2.45, 2.75) is 51.6 Å². The number of carbonyl (C=O) groups excluding carboxylic acids is 1. The first kappa shape index (κ1) is 20.1. The van der Waals surface area contributed by atoms with Crippen molar-refractivity contribution in [3.8, 4) is 0 Å². The van der Waals surface area contributed by atoms with Crippen LogP contribution in [0.25, 0.3) is 0 Å². The molecule has 0 unspecified atom stereocenters. The Bertz CT molecular complexity index is 829. The molecule has 0 spiro atoms. The van der Waals surface area contributed by atoms with E-state index >= 15 is 0 Å². The average Bonchev–Trinajstić information content (AvgIpc) is 2.95. The first-order valence-corrected chi connectivity index (χ1v) is 10.1. The van der Waals surface area contributed by atoms with E-state index in [4.69, 9.17) is 11.6 Å². The van der Waals surface area contributed by atoms with Gasteiger partial charge in [-0.3, -0.25) is 4.79 Å². The molecule has 1 aromatic heterocycles. The molecule has 3 rings (SSSR count). The van der Waals surface area contributed by atoms with Crippen LogP contribution < -0.4 is 5.32 Å². The number of halogens is 4. The molecular weight excluding hydrogens is 397 g/mol. The van der Waals surface area contributed by atoms with Crippen molar-refractivity contribution >= 4 is 34.0 Å². The van der Waals surface area contributed by atoms with Crippen molar-refractivity contribution in [3.05, 3.63) is 44.9 Å². The highest BCUT2D eigenvalue weighted by Crippen LogP contribution is 2.34. The molecule has 0 atom stereocenters. The lowest BCUT2D eigenvalue weighted by Crippen LogP contribution is -2.24. The van der Waals surface area contributed by atoms with Crippen molar-refractivity contribution in [1.82, 2.24) is 4.98 Å². The fourth-order valence-electron chi connectivity index (χ4n) is 3.28. The van der Waals surface area contributed by atoms with Crippen molar-refractivity contribution in [2.24, 2.45) is 5.92 Å². The maximum Gasteiger partial charge on any atom is 0.416 e. The second-order valence-corrected chi connectivity index (χ2v) is 8.32. The molecule has 2 aromatic rings. The van der Waals surface area contributed by atoms with Crippen molar-refractivity contribution in [1.29, 1.82) is 0 Å². The Morgan fingerprint density at radius 3 is 2.67 bits per heavy atom. The molecule has 1 N–H and O–H groups in total. The molecule has 0 saturated heterocycles. The predicted molar refractivity (Wildman–Crippen MR) is 101 cm³/mol. The second kappa shape index (κ2) is 8.19. The Morgan fingerprint density at radius 1 is 1.30 bits per heavy atom. The van der Waals surface area contributed by atoms with Crippen molar-refractivity contribution in [3.63, 3.8) is 0 Å². The SMILES string of the molecule is Cc1nc(NC(=O)C2CCCCC2)sc1Cc1cc(C(F)(F)F)ccc1Cl. The number of hydrogen-bond acceptors (Lipinski definition) is 3. The Balaban J connectivity index is 1.74. The number of alkyl halides is 3. The molecule has 1 aromatic carbocycles. The number of benzene rings is 1. The highest BCUT2D eigenvalue weighted by molar-refractivity contribution is 7.15. The highest BCUT2D eigenvalue weighted by atomic mass is 35.5. The van der Waals surface area contributed by atoms with Gasteiger partial charge in [-0.15, -0.1) is 11.3 Å². The Morgan fingerprint density at radius 2 is 2.00 bits per heavy atom. The van der Waals surface area contributed by atoms with E-state index in [0.717, 1.165) is 42.7 Å². The Labute approximate surface area is 165 Å². The van der Waals surface area contributed by atoms with Crippen LogP contribution in [0.1, 0.15) is 53.8 Å². The normalized spacial score (nSPS) is 15.7. The summed E-state index contributed by atoms with van der Waals surface area (Å²) in [5.41, 5.74) is 0.353. The third-order valence-electron chi connectivity index (χ3n) is 4.82. The van der Waals surface area contributed by atoms with E-state index in [1.807, 2.05) is 0 Å². The van der Waals surface area contributed by atoms with E-state index in [9.17, 15) is 18.0 Å². The fraction of sp³-hybridized carbons (Fsp3) is 0.474. The quantitative estimate of drug-likeness (QED) is 0.641. The topological polar surface area (TPSA) is 42.0 Å². The molecule has 0 bridgehead atoms. The molecule has 1 aliphatic rings. The lowest BCUT2D eigenvalue weighted by atomic mass is 9.89. The standard InChI is InChI=1S/C19H20ClF3N2OS/c1-11-16(10-13-9-14(19(21,22)23)7-8-15(13)20)27-18(24-11)25-17(26)12-5-3-2-4-6-12/h7-9,12H,2-6,10H2,1H3,(H,24,25,26). The third-order valence-corrected chi connectivity index (χ3v) is 6.26. The smallest absolute Gasteiger partial charge is 0.302 e. The molecule has 0 aliphatic heterocycles. The van der Waals surface area contributed by atoms with Gasteiger partial charge in [0, 0.05) is 22.2 Å². The van der Waals surface area contributed by atoms with Crippen LogP contribution in [0.5, 0.6) is 0 Å². The van der Waals surface area contributed by atoms with Gasteiger partial charge in [-0.25, -0.2) is 4.98 Å². The minimum Gasteiger partial charge on any atom is -0.302 e. The molecule has 1 fully saturated rings. The van der Waals surface area contributed by atoms with Gasteiger partial charge >= 0.3 is 6.18 Å². The van der Waals surface area contributed by atoms with Gasteiger partial charge in [0.15, 0.2) is 5.13 Å². The minimum absolute atomic E-state index is 0.0179. The number of aromatic nitrogens is 1. The number of nitrogens with one attached hydrogen (secondary N) is 1. The monoisotopic (exact) mass is 416 g/mol. The van der Waals surface area contributed by atoms with Gasteiger partial charge in [-0.05, 0) is 43.5 Å². The van der Waals surface area contributed by atoms with Gasteiger partial charge in [-0.1, -0.05) is 30.9 Å². The Kier molecular flexibility index (Phi) is 6.11. The summed E-state index contributed by atoms with van der Waals surface area (Å²) in [6, 6.07) is 3.31. The summed E-state index contributed by atoms with van der Waals surface area (Å²) < 4.78 is 38.8. The van der Waals surface area contributed by atoms with Crippen molar-refractivity contribution in [2.75, 3.05) is 5.32 Å². The molecule has 8 heteroatoms. The molecule has 1 heterocycles. The molecule has 0 radical (unpaired) electrons. The largest absolute Gasteiger partial charge is 0.416 e. The lowest BCUT2D eigenvalue weighted by Gasteiger charge is -2.19. The first-order valence-electron chi connectivity index (χ1n) is 8.87. The lowest BCUT2D eigenvalue weighted by molar-refractivity contribution is -0.137. The summed E-state index contributed by atoms with van der Waals surface area (Å²) in [5.74, 6) is -0.00332. The summed E-state index contributed by atoms with van der Waals surface area (Å²) >= 11 is 7.37. The number of hydrogen-bond donors (Lipinski definition) is 1. The van der Waals surface area contributed by atoms with Crippen LogP contribution in [0, 0.1) is 12.8 Å². The summed E-state index contributed by atoms with van der Waals surface area (Å²) in [4.78, 5) is 17.5. The number of aryl methyl sites for hydroxylation is 1. The van der Waals surface area contributed by atoms with Crippen molar-refractivity contribution < 1.29 is 18.0 Å².